The first kappa shape index (κ1) is 10.3. The minimum Gasteiger partial charge on any atom is -0.462 e. The summed E-state index contributed by atoms with van der Waals surface area (Å²) in [5.74, 6) is -0.350. The summed E-state index contributed by atoms with van der Waals surface area (Å²) in [5.41, 5.74) is 1.20. The van der Waals surface area contributed by atoms with Crippen LogP contribution in [0, 0.1) is 0 Å². The predicted molar refractivity (Wildman–Crippen MR) is 55.1 cm³/mol. The monoisotopic (exact) mass is 218 g/mol. The molecule has 0 radical (unpaired) electrons. The van der Waals surface area contributed by atoms with Gasteiger partial charge >= 0.3 is 5.97 Å². The smallest absolute Gasteiger partial charge is 0.338 e. The fraction of sp³-hybridized carbons (Fsp3) is 0.200. The van der Waals surface area contributed by atoms with Crippen LogP contribution in [-0.4, -0.2) is 32.8 Å². The van der Waals surface area contributed by atoms with Crippen LogP contribution < -0.4 is 0 Å². The SMILES string of the molecule is CCOC(=O)c1cccc(-n2cnnn2)c1. The average molecular weight is 218 g/mol. The number of ether oxygens (including phenoxy) is 1. The Hall–Kier alpha value is -2.24. The maximum Gasteiger partial charge on any atom is 0.338 e. The molecule has 0 bridgehead atoms. The summed E-state index contributed by atoms with van der Waals surface area (Å²) in [5, 5.41) is 10.8. The van der Waals surface area contributed by atoms with Crippen molar-refractivity contribution in [3.8, 4) is 5.69 Å². The molecule has 0 aliphatic heterocycles. The Bertz CT molecular complexity index is 481. The summed E-state index contributed by atoms with van der Waals surface area (Å²) >= 11 is 0. The Kier molecular flexibility index (Phi) is 2.90. The summed E-state index contributed by atoms with van der Waals surface area (Å²) in [6, 6.07) is 6.92. The molecule has 2 rings (SSSR count). The minimum atomic E-state index is -0.350. The standard InChI is InChI=1S/C10H10N4O2/c1-2-16-10(15)8-4-3-5-9(6-8)14-7-11-12-13-14/h3-7H,2H2,1H3. The van der Waals surface area contributed by atoms with Crippen LogP contribution in [0.15, 0.2) is 30.6 Å². The molecule has 0 N–H and O–H groups in total. The van der Waals surface area contributed by atoms with Gasteiger partial charge in [-0.25, -0.2) is 9.48 Å². The molecule has 1 aromatic carbocycles. The third kappa shape index (κ3) is 2.05. The molecule has 2 aromatic rings. The van der Waals surface area contributed by atoms with Gasteiger partial charge in [-0.15, -0.1) is 5.10 Å². The van der Waals surface area contributed by atoms with Gasteiger partial charge in [-0.2, -0.15) is 0 Å². The van der Waals surface area contributed by atoms with E-state index >= 15 is 0 Å². The second-order valence-electron chi connectivity index (χ2n) is 3.03. The minimum absolute atomic E-state index is 0.350. The summed E-state index contributed by atoms with van der Waals surface area (Å²) in [6.45, 7) is 2.12. The number of esters is 1. The first-order chi connectivity index (χ1) is 7.81. The third-order valence-corrected chi connectivity index (χ3v) is 1.97. The average Bonchev–Trinajstić information content (AvgIpc) is 2.83. The van der Waals surface area contributed by atoms with Crippen LogP contribution in [0.1, 0.15) is 17.3 Å². The molecule has 0 spiro atoms. The lowest BCUT2D eigenvalue weighted by atomic mass is 10.2. The molecule has 0 aliphatic rings. The van der Waals surface area contributed by atoms with E-state index in [1.54, 1.807) is 31.2 Å². The van der Waals surface area contributed by atoms with Crippen molar-refractivity contribution < 1.29 is 9.53 Å². The molecule has 0 atom stereocenters. The molecule has 0 saturated heterocycles. The molecule has 6 nitrogen and oxygen atoms in total. The molecule has 16 heavy (non-hydrogen) atoms. The number of carbonyl (C=O) groups is 1. The maximum atomic E-state index is 11.5. The van der Waals surface area contributed by atoms with Crippen molar-refractivity contribution in [3.05, 3.63) is 36.2 Å². The summed E-state index contributed by atoms with van der Waals surface area (Å²) in [4.78, 5) is 11.5. The van der Waals surface area contributed by atoms with E-state index in [2.05, 4.69) is 15.5 Å². The molecule has 6 heteroatoms. The maximum absolute atomic E-state index is 11.5. The zero-order valence-electron chi connectivity index (χ0n) is 8.70. The Morgan fingerprint density at radius 3 is 3.06 bits per heavy atom. The molecule has 1 aromatic heterocycles. The Balaban J connectivity index is 2.30. The van der Waals surface area contributed by atoms with Crippen LogP contribution in [0.2, 0.25) is 0 Å². The van der Waals surface area contributed by atoms with E-state index in [9.17, 15) is 4.79 Å². The lowest BCUT2D eigenvalue weighted by Crippen LogP contribution is -2.05. The number of rotatable bonds is 3. The highest BCUT2D eigenvalue weighted by Gasteiger charge is 2.07. The van der Waals surface area contributed by atoms with Gasteiger partial charge in [0.05, 0.1) is 17.9 Å². The molecule has 0 amide bonds. The molecular weight excluding hydrogens is 208 g/mol. The van der Waals surface area contributed by atoms with Crippen LogP contribution >= 0.6 is 0 Å². The van der Waals surface area contributed by atoms with Crippen molar-refractivity contribution in [1.82, 2.24) is 20.2 Å². The van der Waals surface area contributed by atoms with Gasteiger partial charge in [0.2, 0.25) is 0 Å². The largest absolute Gasteiger partial charge is 0.462 e. The molecule has 1 heterocycles. The Morgan fingerprint density at radius 2 is 2.38 bits per heavy atom. The van der Waals surface area contributed by atoms with Crippen LogP contribution in [0.4, 0.5) is 0 Å². The predicted octanol–water partition coefficient (Wildman–Crippen LogP) is 0.839. The zero-order chi connectivity index (χ0) is 11.4. The number of benzene rings is 1. The number of hydrogen-bond donors (Lipinski definition) is 0. The first-order valence-corrected chi connectivity index (χ1v) is 4.82. The molecule has 0 aliphatic carbocycles. The second-order valence-corrected chi connectivity index (χ2v) is 3.03. The van der Waals surface area contributed by atoms with Crippen LogP contribution in [-0.2, 0) is 4.74 Å². The van der Waals surface area contributed by atoms with Crippen molar-refractivity contribution in [2.45, 2.75) is 6.92 Å². The molecule has 0 fully saturated rings. The summed E-state index contributed by atoms with van der Waals surface area (Å²) in [6.07, 6.45) is 1.46. The normalized spacial score (nSPS) is 10.1. The number of carbonyl (C=O) groups excluding carboxylic acids is 1. The van der Waals surface area contributed by atoms with Gasteiger partial charge in [0, 0.05) is 0 Å². The Labute approximate surface area is 91.8 Å². The lowest BCUT2D eigenvalue weighted by molar-refractivity contribution is 0.0526. The van der Waals surface area contributed by atoms with Crippen molar-refractivity contribution in [2.75, 3.05) is 6.61 Å². The van der Waals surface area contributed by atoms with Crippen molar-refractivity contribution in [3.63, 3.8) is 0 Å². The number of aromatic nitrogens is 4. The fourth-order valence-electron chi connectivity index (χ4n) is 1.27. The van der Waals surface area contributed by atoms with Gasteiger partial charge < -0.3 is 4.74 Å². The highest BCUT2D eigenvalue weighted by molar-refractivity contribution is 5.90. The van der Waals surface area contributed by atoms with Gasteiger partial charge in [0.15, 0.2) is 0 Å². The zero-order valence-corrected chi connectivity index (χ0v) is 8.70. The molecule has 82 valence electrons. The van der Waals surface area contributed by atoms with Crippen molar-refractivity contribution >= 4 is 5.97 Å². The fourth-order valence-corrected chi connectivity index (χ4v) is 1.27. The second kappa shape index (κ2) is 4.52. The topological polar surface area (TPSA) is 69.9 Å². The molecular formula is C10H10N4O2. The van der Waals surface area contributed by atoms with Gasteiger partial charge in [-0.3, -0.25) is 0 Å². The van der Waals surface area contributed by atoms with Crippen molar-refractivity contribution in [2.24, 2.45) is 0 Å². The number of hydrogen-bond acceptors (Lipinski definition) is 5. The van der Waals surface area contributed by atoms with Crippen LogP contribution in [0.5, 0.6) is 0 Å². The van der Waals surface area contributed by atoms with Gasteiger partial charge in [-0.1, -0.05) is 6.07 Å². The first-order valence-electron chi connectivity index (χ1n) is 4.82. The van der Waals surface area contributed by atoms with E-state index in [1.165, 1.54) is 11.0 Å². The van der Waals surface area contributed by atoms with Crippen LogP contribution in [0.3, 0.4) is 0 Å². The van der Waals surface area contributed by atoms with Crippen LogP contribution in [0.25, 0.3) is 5.69 Å². The number of tetrazole rings is 1. The van der Waals surface area contributed by atoms with Crippen molar-refractivity contribution in [1.29, 1.82) is 0 Å². The van der Waals surface area contributed by atoms with E-state index in [1.807, 2.05) is 0 Å². The lowest BCUT2D eigenvalue weighted by Gasteiger charge is -2.03. The van der Waals surface area contributed by atoms with E-state index in [0.29, 0.717) is 12.2 Å². The van der Waals surface area contributed by atoms with E-state index in [-0.39, 0.29) is 5.97 Å². The van der Waals surface area contributed by atoms with Gasteiger partial charge in [0.1, 0.15) is 6.33 Å². The summed E-state index contributed by atoms with van der Waals surface area (Å²) in [7, 11) is 0. The third-order valence-electron chi connectivity index (χ3n) is 1.97. The highest BCUT2D eigenvalue weighted by Crippen LogP contribution is 2.09. The highest BCUT2D eigenvalue weighted by atomic mass is 16.5. The quantitative estimate of drug-likeness (QED) is 0.714. The Morgan fingerprint density at radius 1 is 1.50 bits per heavy atom. The molecule has 0 saturated carbocycles. The number of nitrogens with zero attached hydrogens (tertiary/aromatic N) is 4. The van der Waals surface area contributed by atoms with Gasteiger partial charge in [0.25, 0.3) is 0 Å². The molecule has 0 unspecified atom stereocenters. The summed E-state index contributed by atoms with van der Waals surface area (Å²) < 4.78 is 6.38. The van der Waals surface area contributed by atoms with E-state index in [0.717, 1.165) is 5.69 Å². The van der Waals surface area contributed by atoms with Gasteiger partial charge in [-0.05, 0) is 35.5 Å². The van der Waals surface area contributed by atoms with E-state index < -0.39 is 0 Å². The van der Waals surface area contributed by atoms with E-state index in [4.69, 9.17) is 4.74 Å².